The number of rotatable bonds is 5. The van der Waals surface area contributed by atoms with Crippen LogP contribution in [0.1, 0.15) is 12.7 Å². The van der Waals surface area contributed by atoms with Crippen LogP contribution in [0, 0.1) is 0 Å². The summed E-state index contributed by atoms with van der Waals surface area (Å²) >= 11 is 1.53. The molecule has 0 bridgehead atoms. The van der Waals surface area contributed by atoms with Crippen LogP contribution in [0.15, 0.2) is 47.2 Å². The van der Waals surface area contributed by atoms with E-state index >= 15 is 0 Å². The molecule has 0 saturated heterocycles. The van der Waals surface area contributed by atoms with Gasteiger partial charge in [0.1, 0.15) is 11.6 Å². The lowest BCUT2D eigenvalue weighted by atomic mass is 10.4. The monoisotopic (exact) mass is 262 g/mol. The van der Waals surface area contributed by atoms with Crippen molar-refractivity contribution in [1.82, 2.24) is 4.98 Å². The third kappa shape index (κ3) is 3.63. The van der Waals surface area contributed by atoms with Crippen LogP contribution in [-0.4, -0.2) is 16.1 Å². The van der Waals surface area contributed by atoms with Crippen molar-refractivity contribution in [3.8, 4) is 0 Å². The van der Waals surface area contributed by atoms with Gasteiger partial charge >= 0.3 is 0 Å². The fourth-order valence-electron chi connectivity index (χ4n) is 1.34. The Hall–Kier alpha value is -1.75. The summed E-state index contributed by atoms with van der Waals surface area (Å²) in [6, 6.07) is 9.15. The smallest absolute Gasteiger partial charge is 0.238 e. The van der Waals surface area contributed by atoms with Gasteiger partial charge in [-0.2, -0.15) is 0 Å². The molecule has 2 rings (SSSR count). The zero-order chi connectivity index (χ0) is 12.8. The van der Waals surface area contributed by atoms with E-state index in [-0.39, 0.29) is 11.2 Å². The number of hydrogen-bond donors (Lipinski definition) is 1. The Labute approximate surface area is 110 Å². The number of furan rings is 1. The second kappa shape index (κ2) is 6.26. The van der Waals surface area contributed by atoms with Crippen molar-refractivity contribution >= 4 is 23.5 Å². The third-order valence-corrected chi connectivity index (χ3v) is 3.51. The van der Waals surface area contributed by atoms with E-state index in [0.717, 1.165) is 5.76 Å². The Morgan fingerprint density at radius 2 is 2.33 bits per heavy atom. The first-order chi connectivity index (χ1) is 8.75. The first-order valence-corrected chi connectivity index (χ1v) is 6.66. The van der Waals surface area contributed by atoms with Crippen molar-refractivity contribution in [2.45, 2.75) is 17.9 Å². The average Bonchev–Trinajstić information content (AvgIpc) is 2.90. The van der Waals surface area contributed by atoms with Crippen molar-refractivity contribution in [2.75, 3.05) is 5.32 Å². The Balaban J connectivity index is 1.82. The summed E-state index contributed by atoms with van der Waals surface area (Å²) < 4.78 is 5.22. The highest BCUT2D eigenvalue weighted by Gasteiger charge is 2.14. The van der Waals surface area contributed by atoms with Gasteiger partial charge in [0.2, 0.25) is 5.91 Å². The quantitative estimate of drug-likeness (QED) is 0.900. The minimum atomic E-state index is -0.155. The van der Waals surface area contributed by atoms with E-state index < -0.39 is 0 Å². The number of nitrogens with one attached hydrogen (secondary N) is 1. The Bertz CT molecular complexity index is 485. The highest BCUT2D eigenvalue weighted by atomic mass is 32.2. The lowest BCUT2D eigenvalue weighted by Crippen LogP contribution is -2.23. The molecule has 5 heteroatoms. The van der Waals surface area contributed by atoms with Crippen LogP contribution in [0.5, 0.6) is 0 Å². The van der Waals surface area contributed by atoms with E-state index in [2.05, 4.69) is 10.3 Å². The van der Waals surface area contributed by atoms with Crippen molar-refractivity contribution in [2.24, 2.45) is 0 Å². The number of pyridine rings is 1. The summed E-state index contributed by atoms with van der Waals surface area (Å²) in [7, 11) is 0. The predicted octanol–water partition coefficient (Wildman–Crippen LogP) is 2.94. The molecule has 1 amide bonds. The van der Waals surface area contributed by atoms with Crippen LogP contribution < -0.4 is 5.32 Å². The van der Waals surface area contributed by atoms with Gasteiger partial charge in [-0.15, -0.1) is 11.8 Å². The molecular formula is C13H14N2O2S. The maximum absolute atomic E-state index is 11.9. The van der Waals surface area contributed by atoms with Crippen molar-refractivity contribution in [3.05, 3.63) is 48.6 Å². The largest absolute Gasteiger partial charge is 0.468 e. The molecule has 18 heavy (non-hydrogen) atoms. The minimum Gasteiger partial charge on any atom is -0.468 e. The summed E-state index contributed by atoms with van der Waals surface area (Å²) in [5, 5.41) is 2.61. The van der Waals surface area contributed by atoms with Gasteiger partial charge in [0.25, 0.3) is 0 Å². The molecule has 0 aliphatic carbocycles. The van der Waals surface area contributed by atoms with E-state index in [4.69, 9.17) is 4.42 Å². The molecule has 1 unspecified atom stereocenters. The molecule has 0 fully saturated rings. The van der Waals surface area contributed by atoms with Crippen LogP contribution in [-0.2, 0) is 10.5 Å². The lowest BCUT2D eigenvalue weighted by molar-refractivity contribution is -0.115. The molecule has 2 aromatic rings. The maximum atomic E-state index is 11.9. The topological polar surface area (TPSA) is 55.1 Å². The zero-order valence-electron chi connectivity index (χ0n) is 10.00. The first-order valence-electron chi connectivity index (χ1n) is 5.61. The van der Waals surface area contributed by atoms with Gasteiger partial charge in [0, 0.05) is 6.20 Å². The number of anilines is 1. The molecule has 4 nitrogen and oxygen atoms in total. The van der Waals surface area contributed by atoms with Crippen molar-refractivity contribution in [1.29, 1.82) is 0 Å². The maximum Gasteiger partial charge on any atom is 0.238 e. The molecule has 1 N–H and O–H groups in total. The number of thioether (sulfide) groups is 1. The summed E-state index contributed by atoms with van der Waals surface area (Å²) in [4.78, 5) is 15.9. The Kier molecular flexibility index (Phi) is 4.41. The number of hydrogen-bond acceptors (Lipinski definition) is 4. The SMILES string of the molecule is CC(SCc1ccco1)C(=O)Nc1ccccn1. The van der Waals surface area contributed by atoms with Gasteiger partial charge in [-0.25, -0.2) is 4.98 Å². The average molecular weight is 262 g/mol. The van der Waals surface area contributed by atoms with Gasteiger partial charge < -0.3 is 9.73 Å². The van der Waals surface area contributed by atoms with E-state index in [9.17, 15) is 4.79 Å². The molecule has 2 heterocycles. The van der Waals surface area contributed by atoms with Crippen LogP contribution in [0.3, 0.4) is 0 Å². The summed E-state index contributed by atoms with van der Waals surface area (Å²) in [6.07, 6.45) is 3.28. The predicted molar refractivity (Wildman–Crippen MR) is 72.3 cm³/mol. The first kappa shape index (κ1) is 12.7. The van der Waals surface area contributed by atoms with Crippen molar-refractivity contribution in [3.63, 3.8) is 0 Å². The van der Waals surface area contributed by atoms with Crippen LogP contribution in [0.25, 0.3) is 0 Å². The van der Waals surface area contributed by atoms with E-state index in [0.29, 0.717) is 11.6 Å². The number of amides is 1. The summed E-state index contributed by atoms with van der Waals surface area (Å²) in [6.45, 7) is 1.87. The number of carbonyl (C=O) groups excluding carboxylic acids is 1. The second-order valence-corrected chi connectivity index (χ2v) is 5.07. The van der Waals surface area contributed by atoms with Gasteiger partial charge in [-0.3, -0.25) is 4.79 Å². The normalized spacial score (nSPS) is 12.1. The molecular weight excluding hydrogens is 248 g/mol. The van der Waals surface area contributed by atoms with Gasteiger partial charge in [0.05, 0.1) is 17.3 Å². The van der Waals surface area contributed by atoms with Crippen LogP contribution in [0.2, 0.25) is 0 Å². The standard InChI is InChI=1S/C13H14N2O2S/c1-10(18-9-11-5-4-8-17-11)13(16)15-12-6-2-3-7-14-12/h2-8,10H,9H2,1H3,(H,14,15,16). The minimum absolute atomic E-state index is 0.0507. The molecule has 0 saturated carbocycles. The zero-order valence-corrected chi connectivity index (χ0v) is 10.8. The van der Waals surface area contributed by atoms with E-state index in [1.807, 2.05) is 31.2 Å². The third-order valence-electron chi connectivity index (χ3n) is 2.34. The lowest BCUT2D eigenvalue weighted by Gasteiger charge is -2.10. The molecule has 0 aromatic carbocycles. The van der Waals surface area contributed by atoms with Crippen LogP contribution >= 0.6 is 11.8 Å². The molecule has 0 aliphatic rings. The highest BCUT2D eigenvalue weighted by molar-refractivity contribution is 7.99. The van der Waals surface area contributed by atoms with Crippen molar-refractivity contribution < 1.29 is 9.21 Å². The molecule has 0 radical (unpaired) electrons. The molecule has 1 atom stereocenters. The molecule has 0 aliphatic heterocycles. The van der Waals surface area contributed by atoms with Gasteiger partial charge in [0.15, 0.2) is 0 Å². The number of carbonyl (C=O) groups is 1. The van der Waals surface area contributed by atoms with Gasteiger partial charge in [-0.05, 0) is 31.2 Å². The summed E-state index contributed by atoms with van der Waals surface area (Å²) in [5.41, 5.74) is 0. The molecule has 0 spiro atoms. The number of nitrogens with zero attached hydrogens (tertiary/aromatic N) is 1. The van der Waals surface area contributed by atoms with E-state index in [1.165, 1.54) is 11.8 Å². The summed E-state index contributed by atoms with van der Waals surface area (Å²) in [5.74, 6) is 2.08. The Morgan fingerprint density at radius 1 is 1.44 bits per heavy atom. The fourth-order valence-corrected chi connectivity index (χ4v) is 2.13. The molecule has 2 aromatic heterocycles. The molecule has 94 valence electrons. The fraction of sp³-hybridized carbons (Fsp3) is 0.231. The Morgan fingerprint density at radius 3 is 3.00 bits per heavy atom. The van der Waals surface area contributed by atoms with Crippen LogP contribution in [0.4, 0.5) is 5.82 Å². The number of aromatic nitrogens is 1. The second-order valence-electron chi connectivity index (χ2n) is 3.74. The van der Waals surface area contributed by atoms with E-state index in [1.54, 1.807) is 18.5 Å². The van der Waals surface area contributed by atoms with Gasteiger partial charge in [-0.1, -0.05) is 6.07 Å². The highest BCUT2D eigenvalue weighted by Crippen LogP contribution is 2.19.